The Bertz CT molecular complexity index is 660. The van der Waals surface area contributed by atoms with E-state index >= 15 is 0 Å². The number of aromatic nitrogens is 1. The molecule has 0 spiro atoms. The lowest BCUT2D eigenvalue weighted by Crippen LogP contribution is -2.13. The average molecular weight is 310 g/mol. The van der Waals surface area contributed by atoms with Gasteiger partial charge in [-0.3, -0.25) is 4.79 Å². The minimum atomic E-state index is -4.41. The lowest BCUT2D eigenvalue weighted by Gasteiger charge is -2.08. The van der Waals surface area contributed by atoms with Gasteiger partial charge in [-0.25, -0.2) is 0 Å². The molecule has 0 bridgehead atoms. The monoisotopic (exact) mass is 310 g/mol. The van der Waals surface area contributed by atoms with Crippen molar-refractivity contribution in [1.82, 2.24) is 5.16 Å². The third-order valence-corrected chi connectivity index (χ3v) is 2.94. The number of halogens is 3. The van der Waals surface area contributed by atoms with Gasteiger partial charge in [0.05, 0.1) is 11.8 Å². The minimum absolute atomic E-state index is 0.252. The van der Waals surface area contributed by atoms with Crippen molar-refractivity contribution in [2.75, 3.05) is 5.32 Å². The van der Waals surface area contributed by atoms with Gasteiger partial charge in [0.25, 0.3) is 5.91 Å². The summed E-state index contributed by atoms with van der Waals surface area (Å²) < 4.78 is 42.4. The molecule has 0 aliphatic carbocycles. The van der Waals surface area contributed by atoms with Gasteiger partial charge in [0.2, 0.25) is 0 Å². The molecular weight excluding hydrogens is 297 g/mol. The Morgan fingerprint density at radius 2 is 2.00 bits per heavy atom. The molecule has 0 saturated heterocycles. The van der Waals surface area contributed by atoms with E-state index in [2.05, 4.69) is 17.1 Å². The van der Waals surface area contributed by atoms with Crippen LogP contribution in [0.3, 0.4) is 0 Å². The largest absolute Gasteiger partial charge is 0.416 e. The van der Waals surface area contributed by atoms with Crippen molar-refractivity contribution in [2.45, 2.75) is 19.0 Å². The molecule has 0 unspecified atom stereocenters. The Balaban J connectivity index is 2.09. The van der Waals surface area contributed by atoms with E-state index in [0.29, 0.717) is 18.6 Å². The highest BCUT2D eigenvalue weighted by Crippen LogP contribution is 2.29. The zero-order chi connectivity index (χ0) is 16.2. The molecule has 0 aliphatic heterocycles. The summed E-state index contributed by atoms with van der Waals surface area (Å²) in [5.74, 6) is -0.0793. The number of allylic oxidation sites excluding steroid dienone is 1. The molecule has 0 saturated carbocycles. The van der Waals surface area contributed by atoms with Gasteiger partial charge in [-0.15, -0.1) is 6.58 Å². The van der Waals surface area contributed by atoms with Crippen LogP contribution in [-0.2, 0) is 12.6 Å². The van der Waals surface area contributed by atoms with Crippen LogP contribution in [0, 0.1) is 0 Å². The second-order valence-corrected chi connectivity index (χ2v) is 4.52. The van der Waals surface area contributed by atoms with Crippen LogP contribution >= 0.6 is 0 Å². The molecule has 0 aliphatic rings. The van der Waals surface area contributed by atoms with Crippen molar-refractivity contribution in [3.05, 3.63) is 60.0 Å². The molecule has 22 heavy (non-hydrogen) atoms. The highest BCUT2D eigenvalue weighted by Gasteiger charge is 2.30. The molecule has 1 N–H and O–H groups in total. The zero-order valence-corrected chi connectivity index (χ0v) is 11.5. The summed E-state index contributed by atoms with van der Waals surface area (Å²) in [5.41, 5.74) is -0.266. The van der Waals surface area contributed by atoms with Crippen molar-refractivity contribution >= 4 is 11.6 Å². The van der Waals surface area contributed by atoms with Crippen LogP contribution < -0.4 is 5.32 Å². The van der Waals surface area contributed by atoms with Crippen molar-refractivity contribution in [3.63, 3.8) is 0 Å². The van der Waals surface area contributed by atoms with Gasteiger partial charge in [-0.2, -0.15) is 13.2 Å². The maximum Gasteiger partial charge on any atom is 0.416 e. The standard InChI is InChI=1S/C15H13F3N2O2/c1-2-3-4-13-12(9-19-22-13)14(21)20-11-7-5-10(6-8-11)15(16,17)18/h2,5-9H,1,3-4H2,(H,20,21). The number of anilines is 1. The topological polar surface area (TPSA) is 55.1 Å². The van der Waals surface area contributed by atoms with Gasteiger partial charge >= 0.3 is 6.18 Å². The summed E-state index contributed by atoms with van der Waals surface area (Å²) in [4.78, 5) is 12.1. The molecule has 1 aromatic carbocycles. The highest BCUT2D eigenvalue weighted by atomic mass is 19.4. The van der Waals surface area contributed by atoms with Gasteiger partial charge in [0, 0.05) is 12.1 Å². The number of benzene rings is 1. The first-order chi connectivity index (χ1) is 10.4. The highest BCUT2D eigenvalue weighted by molar-refractivity contribution is 6.04. The van der Waals surface area contributed by atoms with E-state index in [1.165, 1.54) is 18.3 Å². The Labute approximate surface area is 124 Å². The van der Waals surface area contributed by atoms with E-state index < -0.39 is 17.6 Å². The summed E-state index contributed by atoms with van der Waals surface area (Å²) in [6.45, 7) is 3.58. The van der Waals surface area contributed by atoms with Gasteiger partial charge in [-0.1, -0.05) is 11.2 Å². The quantitative estimate of drug-likeness (QED) is 0.847. The fourth-order valence-corrected chi connectivity index (χ4v) is 1.80. The Kier molecular flexibility index (Phi) is 4.65. The molecular formula is C15H13F3N2O2. The molecule has 2 rings (SSSR count). The first-order valence-electron chi connectivity index (χ1n) is 6.45. The smallest absolute Gasteiger partial charge is 0.361 e. The number of alkyl halides is 3. The number of nitrogens with zero attached hydrogens (tertiary/aromatic N) is 1. The van der Waals surface area contributed by atoms with Crippen LogP contribution in [-0.4, -0.2) is 11.1 Å². The zero-order valence-electron chi connectivity index (χ0n) is 11.5. The first-order valence-corrected chi connectivity index (χ1v) is 6.45. The normalized spacial score (nSPS) is 11.2. The average Bonchev–Trinajstić information content (AvgIpc) is 2.93. The van der Waals surface area contributed by atoms with Gasteiger partial charge < -0.3 is 9.84 Å². The number of hydrogen-bond acceptors (Lipinski definition) is 3. The third-order valence-electron chi connectivity index (χ3n) is 2.94. The number of hydrogen-bond donors (Lipinski definition) is 1. The van der Waals surface area contributed by atoms with E-state index in [0.717, 1.165) is 12.1 Å². The fourth-order valence-electron chi connectivity index (χ4n) is 1.80. The summed E-state index contributed by atoms with van der Waals surface area (Å²) >= 11 is 0. The minimum Gasteiger partial charge on any atom is -0.361 e. The Morgan fingerprint density at radius 3 is 2.59 bits per heavy atom. The van der Waals surface area contributed by atoms with Crippen LogP contribution in [0.4, 0.5) is 18.9 Å². The lowest BCUT2D eigenvalue weighted by molar-refractivity contribution is -0.137. The molecule has 1 heterocycles. The van der Waals surface area contributed by atoms with E-state index in [-0.39, 0.29) is 11.3 Å². The van der Waals surface area contributed by atoms with Crippen LogP contribution in [0.5, 0.6) is 0 Å². The maximum absolute atomic E-state index is 12.5. The van der Waals surface area contributed by atoms with Crippen LogP contribution in [0.1, 0.15) is 28.1 Å². The molecule has 0 atom stereocenters. The summed E-state index contributed by atoms with van der Waals surface area (Å²) in [5, 5.41) is 6.07. The van der Waals surface area contributed by atoms with Crippen molar-refractivity contribution in [3.8, 4) is 0 Å². The maximum atomic E-state index is 12.5. The number of amides is 1. The second-order valence-electron chi connectivity index (χ2n) is 4.52. The summed E-state index contributed by atoms with van der Waals surface area (Å²) in [7, 11) is 0. The predicted molar refractivity (Wildman–Crippen MR) is 74.4 cm³/mol. The number of nitrogens with one attached hydrogen (secondary N) is 1. The molecule has 7 heteroatoms. The number of rotatable bonds is 5. The van der Waals surface area contributed by atoms with Crippen molar-refractivity contribution in [1.29, 1.82) is 0 Å². The van der Waals surface area contributed by atoms with E-state index in [1.54, 1.807) is 6.08 Å². The predicted octanol–water partition coefficient (Wildman–Crippen LogP) is 4.06. The van der Waals surface area contributed by atoms with Crippen LogP contribution in [0.25, 0.3) is 0 Å². The van der Waals surface area contributed by atoms with Crippen molar-refractivity contribution < 1.29 is 22.5 Å². The number of carbonyl (C=O) groups excluding carboxylic acids is 1. The molecule has 1 amide bonds. The van der Waals surface area contributed by atoms with Gasteiger partial charge in [-0.05, 0) is 30.7 Å². The van der Waals surface area contributed by atoms with Gasteiger partial charge in [0.15, 0.2) is 0 Å². The molecule has 2 aromatic rings. The number of aryl methyl sites for hydroxylation is 1. The molecule has 1 aromatic heterocycles. The molecule has 116 valence electrons. The molecule has 0 radical (unpaired) electrons. The third kappa shape index (κ3) is 3.75. The SMILES string of the molecule is C=CCCc1oncc1C(=O)Nc1ccc(C(F)(F)F)cc1. The molecule has 0 fully saturated rings. The van der Waals surface area contributed by atoms with Crippen LogP contribution in [0.2, 0.25) is 0 Å². The second kappa shape index (κ2) is 6.46. The van der Waals surface area contributed by atoms with E-state index in [9.17, 15) is 18.0 Å². The lowest BCUT2D eigenvalue weighted by atomic mass is 10.1. The van der Waals surface area contributed by atoms with Gasteiger partial charge in [0.1, 0.15) is 11.3 Å². The summed E-state index contributed by atoms with van der Waals surface area (Å²) in [6, 6.07) is 4.19. The number of carbonyl (C=O) groups is 1. The van der Waals surface area contributed by atoms with Crippen molar-refractivity contribution in [2.24, 2.45) is 0 Å². The molecule has 4 nitrogen and oxygen atoms in total. The van der Waals surface area contributed by atoms with E-state index in [4.69, 9.17) is 4.52 Å². The summed E-state index contributed by atoms with van der Waals surface area (Å²) in [6.07, 6.45) is -0.359. The first kappa shape index (κ1) is 15.8. The Morgan fingerprint density at radius 1 is 1.32 bits per heavy atom. The Hall–Kier alpha value is -2.57. The van der Waals surface area contributed by atoms with E-state index in [1.807, 2.05) is 0 Å². The van der Waals surface area contributed by atoms with Crippen LogP contribution in [0.15, 0.2) is 47.6 Å². The fraction of sp³-hybridized carbons (Fsp3) is 0.200.